The second-order valence-corrected chi connectivity index (χ2v) is 6.83. The van der Waals surface area contributed by atoms with Crippen molar-refractivity contribution in [1.82, 2.24) is 14.5 Å². The Morgan fingerprint density at radius 3 is 2.37 bits per heavy atom. The number of hydrogen-bond acceptors (Lipinski definition) is 4. The van der Waals surface area contributed by atoms with Crippen molar-refractivity contribution in [3.05, 3.63) is 98.2 Å². The number of anilines is 1. The van der Waals surface area contributed by atoms with Crippen LogP contribution in [0, 0.1) is 0 Å². The van der Waals surface area contributed by atoms with Crippen LogP contribution in [0.4, 0.5) is 5.82 Å². The summed E-state index contributed by atoms with van der Waals surface area (Å²) in [6.45, 7) is 3.60. The van der Waals surface area contributed by atoms with Crippen LogP contribution in [0.25, 0.3) is 0 Å². The Morgan fingerprint density at radius 2 is 1.67 bits per heavy atom. The summed E-state index contributed by atoms with van der Waals surface area (Å²) in [6.07, 6.45) is 0. The van der Waals surface area contributed by atoms with Gasteiger partial charge in [-0.3, -0.25) is 19.2 Å². The Morgan fingerprint density at radius 1 is 1.00 bits per heavy atom. The van der Waals surface area contributed by atoms with Crippen molar-refractivity contribution in [3.8, 4) is 0 Å². The maximum Gasteiger partial charge on any atom is 0.330 e. The first-order chi connectivity index (χ1) is 13.1. The molecule has 1 aromatic heterocycles. The van der Waals surface area contributed by atoms with E-state index in [4.69, 9.17) is 0 Å². The van der Waals surface area contributed by atoms with Crippen molar-refractivity contribution in [2.45, 2.75) is 26.1 Å². The molecule has 1 atom stereocenters. The molecule has 0 saturated heterocycles. The number of fused-ring (bicyclic) bond motifs is 1. The van der Waals surface area contributed by atoms with E-state index in [1.165, 1.54) is 5.56 Å². The van der Waals surface area contributed by atoms with E-state index in [9.17, 15) is 9.59 Å². The number of nitrogens with one attached hydrogen (secondary N) is 2. The summed E-state index contributed by atoms with van der Waals surface area (Å²) in [4.78, 5) is 29.5. The maximum absolute atomic E-state index is 12.5. The van der Waals surface area contributed by atoms with Crippen LogP contribution in [0.3, 0.4) is 0 Å². The fourth-order valence-corrected chi connectivity index (χ4v) is 3.53. The largest absolute Gasteiger partial charge is 0.358 e. The smallest absolute Gasteiger partial charge is 0.330 e. The molecule has 0 fully saturated rings. The van der Waals surface area contributed by atoms with Gasteiger partial charge in [-0.15, -0.1) is 0 Å². The summed E-state index contributed by atoms with van der Waals surface area (Å²) in [7, 11) is 0. The summed E-state index contributed by atoms with van der Waals surface area (Å²) in [5, 5.41) is 3.30. The molecule has 6 nitrogen and oxygen atoms in total. The molecule has 2 N–H and O–H groups in total. The lowest BCUT2D eigenvalue weighted by atomic mass is 10.1. The topological polar surface area (TPSA) is 70.1 Å². The van der Waals surface area contributed by atoms with Gasteiger partial charge < -0.3 is 5.32 Å². The van der Waals surface area contributed by atoms with Crippen molar-refractivity contribution in [1.29, 1.82) is 0 Å². The van der Waals surface area contributed by atoms with Gasteiger partial charge >= 0.3 is 5.69 Å². The van der Waals surface area contributed by atoms with Crippen LogP contribution < -0.4 is 16.6 Å². The molecule has 1 aliphatic heterocycles. The van der Waals surface area contributed by atoms with Gasteiger partial charge in [-0.1, -0.05) is 60.7 Å². The minimum absolute atomic E-state index is 0.153. The number of aromatic nitrogens is 2. The van der Waals surface area contributed by atoms with E-state index in [1.807, 2.05) is 48.5 Å². The Labute approximate surface area is 157 Å². The second kappa shape index (κ2) is 7.25. The Bertz CT molecular complexity index is 1040. The highest BCUT2D eigenvalue weighted by molar-refractivity contribution is 5.46. The number of benzene rings is 2. The van der Waals surface area contributed by atoms with Gasteiger partial charge in [0.05, 0.1) is 18.8 Å². The fraction of sp³-hybridized carbons (Fsp3) is 0.238. The predicted molar refractivity (Wildman–Crippen MR) is 106 cm³/mol. The first kappa shape index (κ1) is 17.3. The van der Waals surface area contributed by atoms with Gasteiger partial charge in [0.15, 0.2) is 0 Å². The lowest BCUT2D eigenvalue weighted by molar-refractivity contribution is 0.206. The molecule has 0 spiro atoms. The number of hydrogen-bond donors (Lipinski definition) is 2. The van der Waals surface area contributed by atoms with Crippen molar-refractivity contribution >= 4 is 5.82 Å². The number of H-pyrrole nitrogens is 1. The molecule has 2 heterocycles. The average Bonchev–Trinajstić information content (AvgIpc) is 2.71. The normalized spacial score (nSPS) is 15.0. The summed E-state index contributed by atoms with van der Waals surface area (Å²) in [6, 6.07) is 20.1. The minimum Gasteiger partial charge on any atom is -0.358 e. The number of rotatable bonds is 4. The lowest BCUT2D eigenvalue weighted by Crippen LogP contribution is -2.44. The van der Waals surface area contributed by atoms with Crippen molar-refractivity contribution in [3.63, 3.8) is 0 Å². The molecule has 2 aromatic carbocycles. The van der Waals surface area contributed by atoms with E-state index in [0.717, 1.165) is 5.56 Å². The molecule has 138 valence electrons. The summed E-state index contributed by atoms with van der Waals surface area (Å²) in [5.41, 5.74) is 2.09. The molecule has 0 saturated carbocycles. The van der Waals surface area contributed by atoms with Crippen LogP contribution in [0.2, 0.25) is 0 Å². The molecule has 27 heavy (non-hydrogen) atoms. The quantitative estimate of drug-likeness (QED) is 0.748. The zero-order chi connectivity index (χ0) is 18.8. The highest BCUT2D eigenvalue weighted by Crippen LogP contribution is 2.26. The van der Waals surface area contributed by atoms with Crippen LogP contribution in [0.5, 0.6) is 0 Å². The van der Waals surface area contributed by atoms with Gasteiger partial charge in [0.25, 0.3) is 5.56 Å². The average molecular weight is 362 g/mol. The molecule has 3 aromatic rings. The van der Waals surface area contributed by atoms with E-state index in [1.54, 1.807) is 4.57 Å². The molecule has 1 unspecified atom stereocenters. The molecule has 1 aliphatic rings. The predicted octanol–water partition coefficient (Wildman–Crippen LogP) is 2.53. The third kappa shape index (κ3) is 3.44. The zero-order valence-corrected chi connectivity index (χ0v) is 15.2. The highest BCUT2D eigenvalue weighted by atomic mass is 16.2. The van der Waals surface area contributed by atoms with Crippen molar-refractivity contribution in [2.24, 2.45) is 0 Å². The van der Waals surface area contributed by atoms with E-state index in [-0.39, 0.29) is 17.3 Å². The van der Waals surface area contributed by atoms with Gasteiger partial charge in [-0.2, -0.15) is 0 Å². The van der Waals surface area contributed by atoms with Crippen LogP contribution in [-0.2, 0) is 13.1 Å². The van der Waals surface area contributed by atoms with Crippen LogP contribution >= 0.6 is 0 Å². The lowest BCUT2D eigenvalue weighted by Gasteiger charge is -2.35. The molecule has 0 bridgehead atoms. The third-order valence-electron chi connectivity index (χ3n) is 5.12. The first-order valence-electron chi connectivity index (χ1n) is 9.06. The molecule has 0 radical (unpaired) electrons. The summed E-state index contributed by atoms with van der Waals surface area (Å²) >= 11 is 0. The molecule has 0 aliphatic carbocycles. The van der Waals surface area contributed by atoms with Crippen LogP contribution in [-0.4, -0.2) is 21.1 Å². The zero-order valence-electron chi connectivity index (χ0n) is 15.2. The van der Waals surface area contributed by atoms with Gasteiger partial charge in [-0.05, 0) is 18.1 Å². The van der Waals surface area contributed by atoms with Crippen molar-refractivity contribution in [2.75, 3.05) is 12.0 Å². The Hall–Kier alpha value is -3.12. The van der Waals surface area contributed by atoms with E-state index < -0.39 is 0 Å². The van der Waals surface area contributed by atoms with Gasteiger partial charge in [0.1, 0.15) is 5.82 Å². The van der Waals surface area contributed by atoms with E-state index >= 15 is 0 Å². The van der Waals surface area contributed by atoms with E-state index in [2.05, 4.69) is 34.3 Å². The monoisotopic (exact) mass is 362 g/mol. The summed E-state index contributed by atoms with van der Waals surface area (Å²) in [5.74, 6) is 0.615. The van der Waals surface area contributed by atoms with E-state index in [0.29, 0.717) is 31.1 Å². The molecular weight excluding hydrogens is 340 g/mol. The first-order valence-corrected chi connectivity index (χ1v) is 9.06. The number of nitrogens with zero attached hydrogens (tertiary/aromatic N) is 2. The SMILES string of the molecule is CC(c1ccccc1)N1CNc2c(c(=O)[nH]c(=O)n2Cc2ccccc2)C1. The summed E-state index contributed by atoms with van der Waals surface area (Å²) < 4.78 is 1.61. The third-order valence-corrected chi connectivity index (χ3v) is 5.12. The van der Waals surface area contributed by atoms with Gasteiger partial charge in [0.2, 0.25) is 0 Å². The molecule has 4 rings (SSSR count). The maximum atomic E-state index is 12.5. The standard InChI is InChI=1S/C21H22N4O2/c1-15(17-10-6-3-7-11-17)24-13-18-19(22-14-24)25(21(27)23-20(18)26)12-16-8-4-2-5-9-16/h2-11,15,22H,12-14H2,1H3,(H,23,26,27). The Balaban J connectivity index is 1.67. The molecule has 0 amide bonds. The van der Waals surface area contributed by atoms with Gasteiger partial charge in [0, 0.05) is 12.6 Å². The minimum atomic E-state index is -0.389. The molecular formula is C21H22N4O2. The number of aromatic amines is 1. The second-order valence-electron chi connectivity index (χ2n) is 6.83. The van der Waals surface area contributed by atoms with Crippen LogP contribution in [0.15, 0.2) is 70.3 Å². The Kier molecular flexibility index (Phi) is 4.64. The molecule has 6 heteroatoms. The van der Waals surface area contributed by atoms with Crippen LogP contribution in [0.1, 0.15) is 29.7 Å². The fourth-order valence-electron chi connectivity index (χ4n) is 3.53. The highest BCUT2D eigenvalue weighted by Gasteiger charge is 2.26. The van der Waals surface area contributed by atoms with Gasteiger partial charge in [-0.25, -0.2) is 4.79 Å². The van der Waals surface area contributed by atoms with Crippen molar-refractivity contribution < 1.29 is 0 Å².